The summed E-state index contributed by atoms with van der Waals surface area (Å²) in [4.78, 5) is 8.17. The largest absolute Gasteiger partial charge is 0.418 e. The molecule has 2 unspecified atom stereocenters. The number of aliphatic hydroxyl groups excluding tert-OH is 1. The number of ether oxygens (including phenoxy) is 1. The van der Waals surface area contributed by atoms with Crippen LogP contribution < -0.4 is 0 Å². The van der Waals surface area contributed by atoms with E-state index in [0.29, 0.717) is 22.7 Å². The van der Waals surface area contributed by atoms with E-state index in [0.717, 1.165) is 12.0 Å². The minimum Gasteiger partial charge on any atom is -0.391 e. The molecule has 0 aliphatic heterocycles. The molecule has 1 aromatic carbocycles. The first kappa shape index (κ1) is 20.5. The molecule has 0 fully saturated rings. The minimum absolute atomic E-state index is 0.0781. The highest BCUT2D eigenvalue weighted by Crippen LogP contribution is 2.42. The Hall–Kier alpha value is -1.77. The number of hydrogen-bond donors (Lipinski definition) is 1. The third-order valence-corrected chi connectivity index (χ3v) is 4.49. The van der Waals surface area contributed by atoms with Crippen LogP contribution in [0.2, 0.25) is 0 Å². The zero-order chi connectivity index (χ0) is 19.3. The Balaban J connectivity index is 2.60. The molecule has 2 aromatic rings. The molecular formula is C18H21F3N2O2S. The average Bonchev–Trinajstić information content (AvgIpc) is 3.08. The second kappa shape index (κ2) is 8.75. The SMILES string of the molecule is C=Nc1cc(C(OCC(C)O)C(F)(F)F)cc(-c2nccs2)c1CCC. The van der Waals surface area contributed by atoms with Gasteiger partial charge in [-0.1, -0.05) is 13.3 Å². The third kappa shape index (κ3) is 4.90. The maximum atomic E-state index is 13.5. The molecule has 2 atom stereocenters. The number of aliphatic imine (C=N–C) groups is 1. The summed E-state index contributed by atoms with van der Waals surface area (Å²) in [7, 11) is 0. The van der Waals surface area contributed by atoms with Crippen LogP contribution >= 0.6 is 11.3 Å². The molecule has 0 spiro atoms. The molecule has 142 valence electrons. The van der Waals surface area contributed by atoms with E-state index in [9.17, 15) is 18.3 Å². The second-order valence-corrected chi connectivity index (χ2v) is 6.81. The molecule has 2 rings (SSSR count). The molecule has 0 amide bonds. The van der Waals surface area contributed by atoms with Gasteiger partial charge in [-0.15, -0.1) is 11.3 Å². The van der Waals surface area contributed by atoms with Crippen LogP contribution in [0.5, 0.6) is 0 Å². The highest BCUT2D eigenvalue weighted by Gasteiger charge is 2.42. The van der Waals surface area contributed by atoms with E-state index in [2.05, 4.69) is 16.7 Å². The quantitative estimate of drug-likeness (QED) is 0.643. The molecule has 0 saturated heterocycles. The molecule has 0 bridgehead atoms. The number of halogens is 3. The molecule has 0 radical (unpaired) electrons. The van der Waals surface area contributed by atoms with Crippen molar-refractivity contribution in [1.82, 2.24) is 4.98 Å². The zero-order valence-electron chi connectivity index (χ0n) is 14.6. The van der Waals surface area contributed by atoms with Gasteiger partial charge < -0.3 is 9.84 Å². The van der Waals surface area contributed by atoms with Gasteiger partial charge in [0, 0.05) is 17.1 Å². The lowest BCUT2D eigenvalue weighted by atomic mass is 9.96. The summed E-state index contributed by atoms with van der Waals surface area (Å²) in [6.45, 7) is 6.43. The van der Waals surface area contributed by atoms with Crippen molar-refractivity contribution in [1.29, 1.82) is 0 Å². The summed E-state index contributed by atoms with van der Waals surface area (Å²) >= 11 is 1.35. The molecule has 8 heteroatoms. The van der Waals surface area contributed by atoms with Gasteiger partial charge in [-0.3, -0.25) is 4.99 Å². The van der Waals surface area contributed by atoms with Gasteiger partial charge in [-0.05, 0) is 43.3 Å². The Morgan fingerprint density at radius 1 is 1.38 bits per heavy atom. The van der Waals surface area contributed by atoms with Gasteiger partial charge in [-0.25, -0.2) is 4.98 Å². The first-order valence-electron chi connectivity index (χ1n) is 8.17. The van der Waals surface area contributed by atoms with Crippen molar-refractivity contribution < 1.29 is 23.0 Å². The molecule has 1 N–H and O–H groups in total. The third-order valence-electron chi connectivity index (χ3n) is 3.69. The van der Waals surface area contributed by atoms with E-state index in [1.807, 2.05) is 6.92 Å². The number of benzene rings is 1. The second-order valence-electron chi connectivity index (χ2n) is 5.92. The lowest BCUT2D eigenvalue weighted by Crippen LogP contribution is -2.26. The molecule has 0 aliphatic carbocycles. The first-order valence-corrected chi connectivity index (χ1v) is 9.05. The minimum atomic E-state index is -4.63. The summed E-state index contributed by atoms with van der Waals surface area (Å²) in [6, 6.07) is 2.81. The summed E-state index contributed by atoms with van der Waals surface area (Å²) in [6.07, 6.45) is -4.73. The topological polar surface area (TPSA) is 54.7 Å². The standard InChI is InChI=1S/C18H21F3N2O2S/c1-4-5-13-14(17-23-6-7-26-17)8-12(9-15(13)22-3)16(18(19,20)21)25-10-11(2)24/h6-9,11,16,24H,3-5,10H2,1-2H3. The Kier molecular flexibility index (Phi) is 6.91. The fourth-order valence-electron chi connectivity index (χ4n) is 2.65. The Labute approximate surface area is 154 Å². The van der Waals surface area contributed by atoms with Crippen LogP contribution in [-0.2, 0) is 11.2 Å². The van der Waals surface area contributed by atoms with Gasteiger partial charge in [0.15, 0.2) is 6.10 Å². The predicted octanol–water partition coefficient (Wildman–Crippen LogP) is 5.10. The molecule has 1 heterocycles. The highest BCUT2D eigenvalue weighted by atomic mass is 32.1. The fourth-order valence-corrected chi connectivity index (χ4v) is 3.33. The van der Waals surface area contributed by atoms with Crippen LogP contribution in [-0.4, -0.2) is 35.7 Å². The maximum absolute atomic E-state index is 13.5. The molecule has 0 saturated carbocycles. The predicted molar refractivity (Wildman–Crippen MR) is 97.2 cm³/mol. The van der Waals surface area contributed by atoms with Crippen molar-refractivity contribution in [3.8, 4) is 10.6 Å². The van der Waals surface area contributed by atoms with Crippen LogP contribution in [0.1, 0.15) is 37.5 Å². The van der Waals surface area contributed by atoms with Crippen molar-refractivity contribution in [2.24, 2.45) is 4.99 Å². The molecule has 26 heavy (non-hydrogen) atoms. The number of aromatic nitrogens is 1. The van der Waals surface area contributed by atoms with Crippen molar-refractivity contribution in [3.05, 3.63) is 34.8 Å². The van der Waals surface area contributed by atoms with E-state index in [1.165, 1.54) is 30.4 Å². The highest BCUT2D eigenvalue weighted by molar-refractivity contribution is 7.13. The summed E-state index contributed by atoms with van der Waals surface area (Å²) in [5.74, 6) is 0. The monoisotopic (exact) mass is 386 g/mol. The number of alkyl halides is 3. The number of hydrogen-bond acceptors (Lipinski definition) is 5. The fraction of sp³-hybridized carbons (Fsp3) is 0.444. The molecule has 1 aromatic heterocycles. The zero-order valence-corrected chi connectivity index (χ0v) is 15.4. The molecule has 0 aliphatic rings. The van der Waals surface area contributed by atoms with Crippen LogP contribution in [0.3, 0.4) is 0 Å². The molecular weight excluding hydrogens is 365 g/mol. The lowest BCUT2D eigenvalue weighted by molar-refractivity contribution is -0.228. The Morgan fingerprint density at radius 3 is 2.62 bits per heavy atom. The van der Waals surface area contributed by atoms with Crippen LogP contribution in [0.25, 0.3) is 10.6 Å². The van der Waals surface area contributed by atoms with Crippen molar-refractivity contribution in [3.63, 3.8) is 0 Å². The Morgan fingerprint density at radius 2 is 2.12 bits per heavy atom. The van der Waals surface area contributed by atoms with Gasteiger partial charge in [0.1, 0.15) is 5.01 Å². The van der Waals surface area contributed by atoms with Crippen LogP contribution in [0.15, 0.2) is 28.7 Å². The van der Waals surface area contributed by atoms with Gasteiger partial charge in [-0.2, -0.15) is 13.2 Å². The number of rotatable bonds is 8. The van der Waals surface area contributed by atoms with E-state index in [4.69, 9.17) is 4.74 Å². The Bertz CT molecular complexity index is 731. The van der Waals surface area contributed by atoms with E-state index >= 15 is 0 Å². The summed E-state index contributed by atoms with van der Waals surface area (Å²) in [5, 5.41) is 11.7. The van der Waals surface area contributed by atoms with Gasteiger partial charge >= 0.3 is 6.18 Å². The summed E-state index contributed by atoms with van der Waals surface area (Å²) < 4.78 is 45.6. The van der Waals surface area contributed by atoms with Crippen molar-refractivity contribution >= 4 is 23.7 Å². The number of nitrogens with zero attached hydrogens (tertiary/aromatic N) is 2. The summed E-state index contributed by atoms with van der Waals surface area (Å²) in [5.41, 5.74) is 1.74. The lowest BCUT2D eigenvalue weighted by Gasteiger charge is -2.24. The smallest absolute Gasteiger partial charge is 0.391 e. The number of aliphatic hydroxyl groups is 1. The van der Waals surface area contributed by atoms with Gasteiger partial charge in [0.25, 0.3) is 0 Å². The average molecular weight is 386 g/mol. The van der Waals surface area contributed by atoms with Crippen molar-refractivity contribution in [2.45, 2.75) is 45.1 Å². The first-order chi connectivity index (χ1) is 12.3. The normalized spacial score (nSPS) is 14.2. The molecule has 4 nitrogen and oxygen atoms in total. The maximum Gasteiger partial charge on any atom is 0.418 e. The van der Waals surface area contributed by atoms with Gasteiger partial charge in [0.05, 0.1) is 18.4 Å². The van der Waals surface area contributed by atoms with Crippen LogP contribution in [0, 0.1) is 0 Å². The van der Waals surface area contributed by atoms with Gasteiger partial charge in [0.2, 0.25) is 0 Å². The van der Waals surface area contributed by atoms with E-state index in [1.54, 1.807) is 11.6 Å². The number of thiazole rings is 1. The van der Waals surface area contributed by atoms with Crippen molar-refractivity contribution in [2.75, 3.05) is 6.61 Å². The van der Waals surface area contributed by atoms with E-state index in [-0.39, 0.29) is 5.56 Å². The van der Waals surface area contributed by atoms with Crippen LogP contribution in [0.4, 0.5) is 18.9 Å². The van der Waals surface area contributed by atoms with E-state index < -0.39 is 25.0 Å².